The van der Waals surface area contributed by atoms with Gasteiger partial charge in [-0.25, -0.2) is 14.6 Å². The van der Waals surface area contributed by atoms with Gasteiger partial charge in [-0.3, -0.25) is 0 Å². The summed E-state index contributed by atoms with van der Waals surface area (Å²) < 4.78 is 17.3. The van der Waals surface area contributed by atoms with Crippen LogP contribution in [0.25, 0.3) is 0 Å². The monoisotopic (exact) mass is 210 g/mol. The molecule has 15 heavy (non-hydrogen) atoms. The van der Waals surface area contributed by atoms with E-state index in [1.165, 1.54) is 18.3 Å². The van der Waals surface area contributed by atoms with Crippen molar-refractivity contribution in [3.63, 3.8) is 0 Å². The molecule has 0 aromatic heterocycles. The minimum absolute atomic E-state index is 0.279. The third kappa shape index (κ3) is 4.21. The third-order valence-corrected chi connectivity index (χ3v) is 1.49. The van der Waals surface area contributed by atoms with Crippen LogP contribution < -0.4 is 5.43 Å². The first-order valence-corrected chi connectivity index (χ1v) is 4.43. The summed E-state index contributed by atoms with van der Waals surface area (Å²) in [5, 5.41) is 3.59. The number of hydrazone groups is 1. The summed E-state index contributed by atoms with van der Waals surface area (Å²) >= 11 is 0. The molecule has 0 fully saturated rings. The average Bonchev–Trinajstić information content (AvgIpc) is 2.18. The van der Waals surface area contributed by atoms with E-state index in [1.807, 2.05) is 0 Å². The quantitative estimate of drug-likeness (QED) is 0.612. The van der Waals surface area contributed by atoms with Crippen molar-refractivity contribution >= 4 is 12.3 Å². The molecule has 1 aromatic rings. The largest absolute Gasteiger partial charge is 0.449 e. The van der Waals surface area contributed by atoms with E-state index in [9.17, 15) is 9.18 Å². The highest BCUT2D eigenvalue weighted by atomic mass is 19.1. The Morgan fingerprint density at radius 3 is 3.13 bits per heavy atom. The molecule has 0 saturated heterocycles. The molecule has 0 radical (unpaired) electrons. The number of ether oxygens (including phenoxy) is 1. The van der Waals surface area contributed by atoms with Gasteiger partial charge in [-0.1, -0.05) is 12.1 Å². The van der Waals surface area contributed by atoms with Crippen molar-refractivity contribution in [2.24, 2.45) is 5.10 Å². The fraction of sp³-hybridized carbons (Fsp3) is 0.200. The van der Waals surface area contributed by atoms with Gasteiger partial charge in [0, 0.05) is 0 Å². The van der Waals surface area contributed by atoms with Crippen LogP contribution in [-0.4, -0.2) is 18.9 Å². The topological polar surface area (TPSA) is 50.7 Å². The van der Waals surface area contributed by atoms with Crippen LogP contribution in [0.5, 0.6) is 0 Å². The number of benzene rings is 1. The maximum absolute atomic E-state index is 12.7. The Morgan fingerprint density at radius 2 is 2.47 bits per heavy atom. The van der Waals surface area contributed by atoms with E-state index in [4.69, 9.17) is 0 Å². The standard InChI is InChI=1S/C10H11FN2O2/c1-2-15-10(14)13-12-7-8-4-3-5-9(11)6-8/h3-7H,2H2,1H3,(H,13,14)/b12-7+. The first-order chi connectivity index (χ1) is 7.22. The van der Waals surface area contributed by atoms with Crippen molar-refractivity contribution < 1.29 is 13.9 Å². The molecule has 0 heterocycles. The molecule has 0 atom stereocenters. The molecule has 0 bridgehead atoms. The molecule has 0 aliphatic carbocycles. The van der Waals surface area contributed by atoms with Gasteiger partial charge >= 0.3 is 6.09 Å². The number of carbonyl (C=O) groups excluding carboxylic acids is 1. The van der Waals surface area contributed by atoms with Crippen LogP contribution in [0.1, 0.15) is 12.5 Å². The smallest absolute Gasteiger partial charge is 0.427 e. The Kier molecular flexibility index (Phi) is 4.28. The highest BCUT2D eigenvalue weighted by molar-refractivity contribution is 5.80. The van der Waals surface area contributed by atoms with Gasteiger partial charge in [-0.2, -0.15) is 5.10 Å². The van der Waals surface area contributed by atoms with Gasteiger partial charge in [0.15, 0.2) is 0 Å². The molecule has 5 heteroatoms. The first-order valence-electron chi connectivity index (χ1n) is 4.43. The summed E-state index contributed by atoms with van der Waals surface area (Å²) in [6.45, 7) is 1.97. The number of rotatable bonds is 3. The van der Waals surface area contributed by atoms with Gasteiger partial charge < -0.3 is 4.74 Å². The summed E-state index contributed by atoms with van der Waals surface area (Å²) in [5.74, 6) is -0.352. The maximum Gasteiger partial charge on any atom is 0.427 e. The minimum atomic E-state index is -0.634. The zero-order valence-electron chi connectivity index (χ0n) is 8.24. The highest BCUT2D eigenvalue weighted by Crippen LogP contribution is 1.99. The summed E-state index contributed by atoms with van der Waals surface area (Å²) in [5.41, 5.74) is 2.70. The predicted molar refractivity (Wildman–Crippen MR) is 54.2 cm³/mol. The van der Waals surface area contributed by atoms with Crippen LogP contribution >= 0.6 is 0 Å². The molecule has 0 aliphatic heterocycles. The summed E-state index contributed by atoms with van der Waals surface area (Å²) in [6.07, 6.45) is 0.699. The Morgan fingerprint density at radius 1 is 1.67 bits per heavy atom. The predicted octanol–water partition coefficient (Wildman–Crippen LogP) is 1.91. The molecular formula is C10H11FN2O2. The zero-order chi connectivity index (χ0) is 11.1. The number of nitrogens with one attached hydrogen (secondary N) is 1. The molecule has 0 aliphatic rings. The van der Waals surface area contributed by atoms with Crippen LogP contribution in [0, 0.1) is 5.82 Å². The Labute approximate surface area is 86.7 Å². The van der Waals surface area contributed by atoms with E-state index < -0.39 is 6.09 Å². The Hall–Kier alpha value is -1.91. The van der Waals surface area contributed by atoms with Crippen LogP contribution in [-0.2, 0) is 4.74 Å². The first kappa shape index (κ1) is 11.2. The van der Waals surface area contributed by atoms with E-state index in [1.54, 1.807) is 19.1 Å². The van der Waals surface area contributed by atoms with Crippen molar-refractivity contribution in [2.75, 3.05) is 6.61 Å². The van der Waals surface area contributed by atoms with Gasteiger partial charge in [0.05, 0.1) is 12.8 Å². The van der Waals surface area contributed by atoms with Gasteiger partial charge in [-0.05, 0) is 24.6 Å². The number of hydrogen-bond donors (Lipinski definition) is 1. The maximum atomic E-state index is 12.7. The highest BCUT2D eigenvalue weighted by Gasteiger charge is 1.95. The van der Waals surface area contributed by atoms with Gasteiger partial charge in [-0.15, -0.1) is 0 Å². The normalized spacial score (nSPS) is 10.3. The second kappa shape index (κ2) is 5.74. The van der Waals surface area contributed by atoms with Gasteiger partial charge in [0.2, 0.25) is 0 Å². The number of nitrogens with zero attached hydrogens (tertiary/aromatic N) is 1. The van der Waals surface area contributed by atoms with Crippen LogP contribution in [0.4, 0.5) is 9.18 Å². The number of amides is 1. The van der Waals surface area contributed by atoms with E-state index in [2.05, 4.69) is 15.3 Å². The third-order valence-electron chi connectivity index (χ3n) is 1.49. The molecule has 0 spiro atoms. The number of hydrogen-bond acceptors (Lipinski definition) is 3. The van der Waals surface area contributed by atoms with E-state index in [0.29, 0.717) is 5.56 Å². The van der Waals surface area contributed by atoms with E-state index in [0.717, 1.165) is 0 Å². The van der Waals surface area contributed by atoms with Crippen LogP contribution in [0.15, 0.2) is 29.4 Å². The summed E-state index contributed by atoms with van der Waals surface area (Å²) in [7, 11) is 0. The molecule has 1 rings (SSSR count). The van der Waals surface area contributed by atoms with Crippen molar-refractivity contribution in [2.45, 2.75) is 6.92 Å². The summed E-state index contributed by atoms with van der Waals surface area (Å²) in [4.78, 5) is 10.8. The Balaban J connectivity index is 2.48. The molecule has 1 amide bonds. The lowest BCUT2D eigenvalue weighted by molar-refractivity contribution is 0.152. The Bertz CT molecular complexity index is 366. The lowest BCUT2D eigenvalue weighted by atomic mass is 10.2. The number of halogens is 1. The second-order valence-corrected chi connectivity index (χ2v) is 2.65. The molecule has 0 saturated carbocycles. The van der Waals surface area contributed by atoms with Crippen LogP contribution in [0.3, 0.4) is 0 Å². The van der Waals surface area contributed by atoms with Crippen molar-refractivity contribution in [1.82, 2.24) is 5.43 Å². The van der Waals surface area contributed by atoms with Crippen molar-refractivity contribution in [1.29, 1.82) is 0 Å². The average molecular weight is 210 g/mol. The minimum Gasteiger partial charge on any atom is -0.449 e. The molecule has 4 nitrogen and oxygen atoms in total. The molecule has 0 unspecified atom stereocenters. The number of carbonyl (C=O) groups is 1. The molecular weight excluding hydrogens is 199 g/mol. The fourth-order valence-corrected chi connectivity index (χ4v) is 0.910. The van der Waals surface area contributed by atoms with E-state index in [-0.39, 0.29) is 12.4 Å². The summed E-state index contributed by atoms with van der Waals surface area (Å²) in [6, 6.07) is 5.85. The second-order valence-electron chi connectivity index (χ2n) is 2.65. The SMILES string of the molecule is CCOC(=O)N/N=C/c1cccc(F)c1. The van der Waals surface area contributed by atoms with Crippen molar-refractivity contribution in [3.8, 4) is 0 Å². The fourth-order valence-electron chi connectivity index (χ4n) is 0.910. The van der Waals surface area contributed by atoms with Crippen LogP contribution in [0.2, 0.25) is 0 Å². The van der Waals surface area contributed by atoms with Gasteiger partial charge in [0.25, 0.3) is 0 Å². The lowest BCUT2D eigenvalue weighted by Gasteiger charge is -1.98. The van der Waals surface area contributed by atoms with Gasteiger partial charge in [0.1, 0.15) is 5.82 Å². The molecule has 1 N–H and O–H groups in total. The molecule has 80 valence electrons. The van der Waals surface area contributed by atoms with Crippen molar-refractivity contribution in [3.05, 3.63) is 35.6 Å². The zero-order valence-corrected chi connectivity index (χ0v) is 8.24. The molecule has 1 aromatic carbocycles. The van der Waals surface area contributed by atoms with E-state index >= 15 is 0 Å². The lowest BCUT2D eigenvalue weighted by Crippen LogP contribution is -2.18.